The van der Waals surface area contributed by atoms with Gasteiger partial charge in [-0.25, -0.2) is 0 Å². The summed E-state index contributed by atoms with van der Waals surface area (Å²) in [5.41, 5.74) is 0. The van der Waals surface area contributed by atoms with Gasteiger partial charge in [0, 0.05) is 12.8 Å². The molecule has 0 saturated carbocycles. The van der Waals surface area contributed by atoms with Crippen LogP contribution in [-0.2, 0) is 28.6 Å². The Kier molecular flexibility index (Phi) is 49.5. The number of esters is 3. The first kappa shape index (κ1) is 61.1. The molecule has 1 unspecified atom stereocenters. The topological polar surface area (TPSA) is 78.9 Å². The summed E-state index contributed by atoms with van der Waals surface area (Å²) in [5, 5.41) is 0. The molecule has 0 saturated heterocycles. The van der Waals surface area contributed by atoms with Gasteiger partial charge in [0.15, 0.2) is 6.10 Å². The fraction of sp³-hybridized carbons (Fsp3) is 0.644. The highest BCUT2D eigenvalue weighted by molar-refractivity contribution is 5.72. The Morgan fingerprint density at radius 3 is 1.02 bits per heavy atom. The average Bonchev–Trinajstić information content (AvgIpc) is 3.30. The number of carbonyl (C=O) groups is 3. The molecule has 0 heterocycles. The zero-order chi connectivity index (χ0) is 47.2. The third-order valence-electron chi connectivity index (χ3n) is 10.8. The maximum atomic E-state index is 12.7. The highest BCUT2D eigenvalue weighted by atomic mass is 16.6. The number of unbranched alkanes of at least 4 members (excludes halogenated alkanes) is 18. The molecule has 0 aliphatic heterocycles. The average molecular weight is 901 g/mol. The van der Waals surface area contributed by atoms with E-state index in [9.17, 15) is 14.4 Å². The maximum absolute atomic E-state index is 12.7. The minimum Gasteiger partial charge on any atom is -0.462 e. The van der Waals surface area contributed by atoms with E-state index in [4.69, 9.17) is 14.2 Å². The minimum atomic E-state index is -0.843. The second kappa shape index (κ2) is 52.7. The van der Waals surface area contributed by atoms with Crippen LogP contribution >= 0.6 is 0 Å². The first-order valence-corrected chi connectivity index (χ1v) is 26.4. The van der Waals surface area contributed by atoms with Crippen molar-refractivity contribution in [2.45, 2.75) is 232 Å². The molecule has 0 aromatic carbocycles. The summed E-state index contributed by atoms with van der Waals surface area (Å²) in [7, 11) is 0. The van der Waals surface area contributed by atoms with Gasteiger partial charge in [0.05, 0.1) is 6.42 Å². The van der Waals surface area contributed by atoms with Crippen LogP contribution in [0.1, 0.15) is 226 Å². The molecule has 368 valence electrons. The Morgan fingerprint density at radius 2 is 0.646 bits per heavy atom. The van der Waals surface area contributed by atoms with Crippen molar-refractivity contribution >= 4 is 17.9 Å². The molecule has 0 N–H and O–H groups in total. The van der Waals surface area contributed by atoms with E-state index in [1.165, 1.54) is 77.0 Å². The van der Waals surface area contributed by atoms with Crippen LogP contribution in [-0.4, -0.2) is 37.2 Å². The van der Waals surface area contributed by atoms with E-state index in [1.54, 1.807) is 6.08 Å². The van der Waals surface area contributed by atoms with Gasteiger partial charge in [0.2, 0.25) is 0 Å². The lowest BCUT2D eigenvalue weighted by atomic mass is 10.1. The second-order valence-electron chi connectivity index (χ2n) is 17.1. The molecule has 0 bridgehead atoms. The monoisotopic (exact) mass is 901 g/mol. The largest absolute Gasteiger partial charge is 0.462 e. The molecule has 0 aliphatic carbocycles. The first-order chi connectivity index (χ1) is 32.0. The summed E-state index contributed by atoms with van der Waals surface area (Å²) in [6.45, 7) is 6.36. The zero-order valence-electron chi connectivity index (χ0n) is 42.0. The van der Waals surface area contributed by atoms with Gasteiger partial charge in [-0.05, 0) is 109 Å². The smallest absolute Gasteiger partial charge is 0.310 e. The summed E-state index contributed by atoms with van der Waals surface area (Å²) in [6.07, 6.45) is 70.9. The van der Waals surface area contributed by atoms with Crippen molar-refractivity contribution in [2.24, 2.45) is 0 Å². The molecule has 6 nitrogen and oxygen atoms in total. The standard InChI is InChI=1S/C59H96O6/c1-4-7-10-13-16-19-22-25-28-29-32-34-37-40-43-46-49-52-58(61)64-55-56(65-59(62)53-50-47-44-41-38-35-31-27-24-21-18-15-12-9-6-3)54-63-57(60)51-48-45-42-39-36-33-30-26-23-20-17-14-11-8-5-2/h9,12,16-21,25-28,30-31,38,41,47,50,56H,4-8,10-11,13-15,22-24,29,32-37,39-40,42-46,48-49,51-55H2,1-3H3/b12-9-,19-16-,20-17-,21-18-,28-25-,30-26-,31-27-,41-38-,50-47-. The molecule has 1 atom stereocenters. The van der Waals surface area contributed by atoms with Crippen molar-refractivity contribution < 1.29 is 28.6 Å². The molecule has 0 fully saturated rings. The van der Waals surface area contributed by atoms with E-state index in [2.05, 4.69) is 118 Å². The lowest BCUT2D eigenvalue weighted by Crippen LogP contribution is -2.30. The molecule has 0 aromatic heterocycles. The molecule has 0 aliphatic rings. The highest BCUT2D eigenvalue weighted by Gasteiger charge is 2.19. The van der Waals surface area contributed by atoms with Crippen molar-refractivity contribution in [1.82, 2.24) is 0 Å². The lowest BCUT2D eigenvalue weighted by molar-refractivity contribution is -0.166. The van der Waals surface area contributed by atoms with E-state index >= 15 is 0 Å². The molecule has 65 heavy (non-hydrogen) atoms. The number of allylic oxidation sites excluding steroid dienone is 17. The quantitative estimate of drug-likeness (QED) is 0.0262. The normalized spacial score (nSPS) is 13.0. The zero-order valence-corrected chi connectivity index (χ0v) is 42.0. The van der Waals surface area contributed by atoms with Gasteiger partial charge in [-0.15, -0.1) is 0 Å². The Balaban J connectivity index is 4.55. The van der Waals surface area contributed by atoms with Crippen molar-refractivity contribution in [3.05, 3.63) is 109 Å². The van der Waals surface area contributed by atoms with Gasteiger partial charge in [-0.2, -0.15) is 0 Å². The molecule has 0 rings (SSSR count). The Bertz CT molecular complexity index is 1360. The fourth-order valence-corrected chi connectivity index (χ4v) is 6.81. The van der Waals surface area contributed by atoms with Gasteiger partial charge < -0.3 is 14.2 Å². The highest BCUT2D eigenvalue weighted by Crippen LogP contribution is 2.13. The number of rotatable bonds is 46. The van der Waals surface area contributed by atoms with Gasteiger partial charge >= 0.3 is 17.9 Å². The third-order valence-corrected chi connectivity index (χ3v) is 10.8. The van der Waals surface area contributed by atoms with Crippen molar-refractivity contribution in [3.8, 4) is 0 Å². The van der Waals surface area contributed by atoms with Crippen molar-refractivity contribution in [1.29, 1.82) is 0 Å². The number of hydrogen-bond acceptors (Lipinski definition) is 6. The summed E-state index contributed by atoms with van der Waals surface area (Å²) in [6, 6.07) is 0. The van der Waals surface area contributed by atoms with Crippen molar-refractivity contribution in [2.75, 3.05) is 13.2 Å². The van der Waals surface area contributed by atoms with Crippen LogP contribution in [0.4, 0.5) is 0 Å². The van der Waals surface area contributed by atoms with Gasteiger partial charge in [-0.3, -0.25) is 14.4 Å². The molecule has 6 heteroatoms. The fourth-order valence-electron chi connectivity index (χ4n) is 6.81. The van der Waals surface area contributed by atoms with Crippen molar-refractivity contribution in [3.63, 3.8) is 0 Å². The van der Waals surface area contributed by atoms with Crippen LogP contribution in [0.3, 0.4) is 0 Å². The second-order valence-corrected chi connectivity index (χ2v) is 17.1. The van der Waals surface area contributed by atoms with E-state index in [0.717, 1.165) is 103 Å². The molecule has 0 amide bonds. The minimum absolute atomic E-state index is 0.0887. The molecule has 0 radical (unpaired) electrons. The van der Waals surface area contributed by atoms with Crippen LogP contribution < -0.4 is 0 Å². The first-order valence-electron chi connectivity index (χ1n) is 26.4. The molecule has 0 spiro atoms. The number of ether oxygens (including phenoxy) is 3. The van der Waals surface area contributed by atoms with Crippen LogP contribution in [0.25, 0.3) is 0 Å². The SMILES string of the molecule is CC/C=C\C/C=C\C/C=C\C/C=C\C/C=C\CC(=O)OC(COC(=O)CCCCCCC/C=C\C/C=C\CCCCC)COC(=O)CCCCCCCCC/C=C\C/C=C\CCCCC. The van der Waals surface area contributed by atoms with E-state index in [1.807, 2.05) is 6.08 Å². The predicted octanol–water partition coefficient (Wildman–Crippen LogP) is 17.5. The van der Waals surface area contributed by atoms with Gasteiger partial charge in [0.25, 0.3) is 0 Å². The molecule has 0 aromatic rings. The summed E-state index contributed by atoms with van der Waals surface area (Å²) < 4.78 is 16.7. The Labute approximate surface area is 400 Å². The lowest BCUT2D eigenvalue weighted by Gasteiger charge is -2.18. The van der Waals surface area contributed by atoms with Crippen LogP contribution in [0.15, 0.2) is 109 Å². The van der Waals surface area contributed by atoms with E-state index in [0.29, 0.717) is 19.3 Å². The van der Waals surface area contributed by atoms with E-state index < -0.39 is 12.1 Å². The summed E-state index contributed by atoms with van der Waals surface area (Å²) in [5.74, 6) is -1.08. The van der Waals surface area contributed by atoms with Gasteiger partial charge in [-0.1, -0.05) is 207 Å². The Hall–Kier alpha value is -3.93. The number of hydrogen-bond donors (Lipinski definition) is 0. The summed E-state index contributed by atoms with van der Waals surface area (Å²) in [4.78, 5) is 38.0. The Morgan fingerprint density at radius 1 is 0.338 bits per heavy atom. The third kappa shape index (κ3) is 50.9. The van der Waals surface area contributed by atoms with Crippen LogP contribution in [0.5, 0.6) is 0 Å². The molecular formula is C59H96O6. The van der Waals surface area contributed by atoms with Crippen LogP contribution in [0.2, 0.25) is 0 Å². The summed E-state index contributed by atoms with van der Waals surface area (Å²) >= 11 is 0. The van der Waals surface area contributed by atoms with E-state index in [-0.39, 0.29) is 31.6 Å². The molecular weight excluding hydrogens is 805 g/mol. The van der Waals surface area contributed by atoms with Crippen LogP contribution in [0, 0.1) is 0 Å². The number of carbonyl (C=O) groups excluding carboxylic acids is 3. The van der Waals surface area contributed by atoms with Gasteiger partial charge in [0.1, 0.15) is 13.2 Å². The maximum Gasteiger partial charge on any atom is 0.310 e. The predicted molar refractivity (Wildman–Crippen MR) is 279 cm³/mol.